The number of aromatic nitrogens is 2. The van der Waals surface area contributed by atoms with Gasteiger partial charge in [0.05, 0.1) is 12.3 Å². The molecule has 0 bridgehead atoms. The van der Waals surface area contributed by atoms with Gasteiger partial charge in [-0.25, -0.2) is 4.68 Å². The van der Waals surface area contributed by atoms with Crippen molar-refractivity contribution in [2.24, 2.45) is 4.99 Å². The number of benzene rings is 2. The fourth-order valence-electron chi connectivity index (χ4n) is 3.10. The van der Waals surface area contributed by atoms with Crippen LogP contribution in [0.4, 0.5) is 0 Å². The zero-order chi connectivity index (χ0) is 20.3. The second kappa shape index (κ2) is 10.9. The molecular weight excluding hydrogens is 362 g/mol. The first-order chi connectivity index (χ1) is 14.3. The highest BCUT2D eigenvalue weighted by Crippen LogP contribution is 2.18. The van der Waals surface area contributed by atoms with Crippen molar-refractivity contribution in [3.05, 3.63) is 78.1 Å². The summed E-state index contributed by atoms with van der Waals surface area (Å²) in [7, 11) is 1.79. The van der Waals surface area contributed by atoms with Gasteiger partial charge in [0.1, 0.15) is 5.75 Å². The Hall–Kier alpha value is -3.28. The van der Waals surface area contributed by atoms with Crippen molar-refractivity contribution in [1.82, 2.24) is 20.4 Å². The number of rotatable bonds is 9. The molecule has 0 spiro atoms. The van der Waals surface area contributed by atoms with Gasteiger partial charge in [0.25, 0.3) is 0 Å². The standard InChI is InChI=1S/C23H29N5O/c1-3-29-22-8-5-4-7-20(22)14-17-26-23(24-2)25-16-13-19-9-11-21(12-10-19)28-18-6-15-27-28/h4-12,15,18H,3,13-14,16-17H2,1-2H3,(H2,24,25,26). The number of aliphatic imine (C=N–C) groups is 1. The molecule has 3 rings (SSSR count). The summed E-state index contributed by atoms with van der Waals surface area (Å²) in [6.07, 6.45) is 5.53. The van der Waals surface area contributed by atoms with Crippen LogP contribution in [0.3, 0.4) is 0 Å². The lowest BCUT2D eigenvalue weighted by molar-refractivity contribution is 0.336. The van der Waals surface area contributed by atoms with Gasteiger partial charge >= 0.3 is 0 Å². The Morgan fingerprint density at radius 1 is 1.00 bits per heavy atom. The van der Waals surface area contributed by atoms with Gasteiger partial charge in [-0.1, -0.05) is 30.3 Å². The highest BCUT2D eigenvalue weighted by molar-refractivity contribution is 5.79. The Morgan fingerprint density at radius 2 is 1.76 bits per heavy atom. The average molecular weight is 392 g/mol. The number of nitrogens with one attached hydrogen (secondary N) is 2. The normalized spacial score (nSPS) is 11.3. The van der Waals surface area contributed by atoms with Crippen LogP contribution in [0.5, 0.6) is 5.75 Å². The monoisotopic (exact) mass is 391 g/mol. The summed E-state index contributed by atoms with van der Waals surface area (Å²) in [6, 6.07) is 18.5. The molecule has 0 saturated heterocycles. The fraction of sp³-hybridized carbons (Fsp3) is 0.304. The third-order valence-corrected chi connectivity index (χ3v) is 4.59. The lowest BCUT2D eigenvalue weighted by Crippen LogP contribution is -2.39. The summed E-state index contributed by atoms with van der Waals surface area (Å²) < 4.78 is 7.55. The first-order valence-electron chi connectivity index (χ1n) is 10.0. The van der Waals surface area contributed by atoms with E-state index < -0.39 is 0 Å². The van der Waals surface area contributed by atoms with Gasteiger partial charge < -0.3 is 15.4 Å². The minimum Gasteiger partial charge on any atom is -0.494 e. The van der Waals surface area contributed by atoms with Crippen LogP contribution in [0.2, 0.25) is 0 Å². The fourth-order valence-corrected chi connectivity index (χ4v) is 3.10. The van der Waals surface area contributed by atoms with Crippen LogP contribution in [0, 0.1) is 0 Å². The van der Waals surface area contributed by atoms with E-state index in [2.05, 4.69) is 51.1 Å². The van der Waals surface area contributed by atoms with E-state index in [0.29, 0.717) is 6.61 Å². The van der Waals surface area contributed by atoms with Crippen LogP contribution in [-0.4, -0.2) is 42.5 Å². The molecule has 0 fully saturated rings. The minimum atomic E-state index is 0.677. The predicted octanol–water partition coefficient (Wildman–Crippen LogP) is 3.22. The maximum atomic E-state index is 5.69. The van der Waals surface area contributed by atoms with Crippen LogP contribution in [0.1, 0.15) is 18.1 Å². The van der Waals surface area contributed by atoms with Gasteiger partial charge in [0, 0.05) is 32.5 Å². The van der Waals surface area contributed by atoms with Crippen molar-refractivity contribution in [3.8, 4) is 11.4 Å². The smallest absolute Gasteiger partial charge is 0.190 e. The Kier molecular flexibility index (Phi) is 7.69. The quantitative estimate of drug-likeness (QED) is 0.434. The third kappa shape index (κ3) is 6.10. The van der Waals surface area contributed by atoms with E-state index in [4.69, 9.17) is 4.74 Å². The highest BCUT2D eigenvalue weighted by atomic mass is 16.5. The Bertz CT molecular complexity index is 888. The van der Waals surface area contributed by atoms with Crippen LogP contribution in [0.15, 0.2) is 72.0 Å². The van der Waals surface area contributed by atoms with Gasteiger partial charge in [-0.2, -0.15) is 5.10 Å². The van der Waals surface area contributed by atoms with Gasteiger partial charge in [0.2, 0.25) is 0 Å². The van der Waals surface area contributed by atoms with E-state index in [1.54, 1.807) is 13.2 Å². The molecule has 0 saturated carbocycles. The number of para-hydroxylation sites is 1. The molecule has 6 heteroatoms. The van der Waals surface area contributed by atoms with E-state index in [1.165, 1.54) is 11.1 Å². The molecule has 1 aromatic heterocycles. The van der Waals surface area contributed by atoms with E-state index in [1.807, 2.05) is 42.1 Å². The van der Waals surface area contributed by atoms with Crippen LogP contribution in [0.25, 0.3) is 5.69 Å². The SMILES string of the molecule is CCOc1ccccc1CCNC(=NC)NCCc1ccc(-n2cccn2)cc1. The second-order valence-electron chi connectivity index (χ2n) is 6.58. The molecule has 0 aliphatic rings. The topological polar surface area (TPSA) is 63.5 Å². The van der Waals surface area contributed by atoms with Crippen molar-refractivity contribution in [1.29, 1.82) is 0 Å². The molecular formula is C23H29N5O. The third-order valence-electron chi connectivity index (χ3n) is 4.59. The number of nitrogens with zero attached hydrogens (tertiary/aromatic N) is 3. The molecule has 0 atom stereocenters. The first kappa shape index (κ1) is 20.5. The Morgan fingerprint density at radius 3 is 2.45 bits per heavy atom. The summed E-state index contributed by atoms with van der Waals surface area (Å²) >= 11 is 0. The number of ether oxygens (including phenoxy) is 1. The zero-order valence-corrected chi connectivity index (χ0v) is 17.1. The summed E-state index contributed by atoms with van der Waals surface area (Å²) in [5.74, 6) is 1.77. The van der Waals surface area contributed by atoms with Crippen molar-refractivity contribution in [3.63, 3.8) is 0 Å². The lowest BCUT2D eigenvalue weighted by atomic mass is 10.1. The maximum absolute atomic E-state index is 5.69. The summed E-state index contributed by atoms with van der Waals surface area (Å²) in [5.41, 5.74) is 3.54. The van der Waals surface area contributed by atoms with Gasteiger partial charge in [-0.3, -0.25) is 4.99 Å². The van der Waals surface area contributed by atoms with Crippen molar-refractivity contribution < 1.29 is 4.74 Å². The van der Waals surface area contributed by atoms with Crippen molar-refractivity contribution in [2.75, 3.05) is 26.7 Å². The first-order valence-corrected chi connectivity index (χ1v) is 10.0. The van der Waals surface area contributed by atoms with Gasteiger partial charge in [-0.05, 0) is 55.2 Å². The van der Waals surface area contributed by atoms with E-state index in [-0.39, 0.29) is 0 Å². The molecule has 0 aliphatic carbocycles. The van der Waals surface area contributed by atoms with Crippen molar-refractivity contribution >= 4 is 5.96 Å². The molecule has 3 aromatic rings. The predicted molar refractivity (Wildman–Crippen MR) is 118 cm³/mol. The van der Waals surface area contributed by atoms with Crippen LogP contribution < -0.4 is 15.4 Å². The molecule has 0 amide bonds. The molecule has 29 heavy (non-hydrogen) atoms. The van der Waals surface area contributed by atoms with E-state index in [9.17, 15) is 0 Å². The molecule has 0 unspecified atom stereocenters. The highest BCUT2D eigenvalue weighted by Gasteiger charge is 2.04. The number of hydrogen-bond donors (Lipinski definition) is 2. The van der Waals surface area contributed by atoms with Crippen LogP contribution >= 0.6 is 0 Å². The average Bonchev–Trinajstić information content (AvgIpc) is 3.29. The van der Waals surface area contributed by atoms with Gasteiger partial charge in [0.15, 0.2) is 5.96 Å². The molecule has 0 aliphatic heterocycles. The van der Waals surface area contributed by atoms with E-state index in [0.717, 1.165) is 43.3 Å². The Balaban J connectivity index is 1.42. The number of guanidine groups is 1. The summed E-state index contributed by atoms with van der Waals surface area (Å²) in [6.45, 7) is 4.29. The van der Waals surface area contributed by atoms with Crippen molar-refractivity contribution in [2.45, 2.75) is 19.8 Å². The van der Waals surface area contributed by atoms with Gasteiger partial charge in [-0.15, -0.1) is 0 Å². The molecule has 2 aromatic carbocycles. The second-order valence-corrected chi connectivity index (χ2v) is 6.58. The molecule has 2 N–H and O–H groups in total. The molecule has 152 valence electrons. The summed E-state index contributed by atoms with van der Waals surface area (Å²) in [4.78, 5) is 4.31. The molecule has 1 heterocycles. The Labute approximate surface area is 172 Å². The minimum absolute atomic E-state index is 0.677. The summed E-state index contributed by atoms with van der Waals surface area (Å²) in [5, 5.41) is 11.0. The molecule has 0 radical (unpaired) electrons. The van der Waals surface area contributed by atoms with Crippen LogP contribution in [-0.2, 0) is 12.8 Å². The number of hydrogen-bond acceptors (Lipinski definition) is 3. The maximum Gasteiger partial charge on any atom is 0.190 e. The molecule has 6 nitrogen and oxygen atoms in total. The largest absolute Gasteiger partial charge is 0.494 e. The lowest BCUT2D eigenvalue weighted by Gasteiger charge is -2.13. The zero-order valence-electron chi connectivity index (χ0n) is 17.1. The van der Waals surface area contributed by atoms with E-state index >= 15 is 0 Å².